The molecule has 2 atom stereocenters. The molecule has 4 N–H and O–H groups in total. The van der Waals surface area contributed by atoms with Gasteiger partial charge in [-0.2, -0.15) is 0 Å². The Bertz CT molecular complexity index is 1200. The molecule has 1 saturated heterocycles. The first-order valence-electron chi connectivity index (χ1n) is 14.4. The Balaban J connectivity index is 1.78. The second-order valence-corrected chi connectivity index (χ2v) is 11.4. The number of carbonyl (C=O) groups is 4. The predicted molar refractivity (Wildman–Crippen MR) is 157 cm³/mol. The molecule has 0 radical (unpaired) electrons. The summed E-state index contributed by atoms with van der Waals surface area (Å²) < 4.78 is 0. The van der Waals surface area contributed by atoms with Crippen molar-refractivity contribution in [2.24, 2.45) is 11.7 Å². The summed E-state index contributed by atoms with van der Waals surface area (Å²) in [4.78, 5) is 55.7. The molecule has 4 amide bonds. The summed E-state index contributed by atoms with van der Waals surface area (Å²) in [7, 11) is 1.65. The summed E-state index contributed by atoms with van der Waals surface area (Å²) in [6.45, 7) is 8.25. The summed E-state index contributed by atoms with van der Waals surface area (Å²) >= 11 is 0. The standard InChI is InChI=1S/C31H45N5O4/c1-6-22(7-2)28(38)36-17-10-13-26(36)27(37)34-25(20-21-14-15-23-11-8-9-12-24(23)19-21)29(39)35(5)18-16-33-30(40)31(3,4)32/h8-9,11-12,14-15,19,22,25-26H,6-7,10,13,16-18,20,32H2,1-5H3,(H,33,40)(H,34,37)/t25-,26?/m1/s1. The zero-order chi connectivity index (χ0) is 29.4. The van der Waals surface area contributed by atoms with Gasteiger partial charge in [-0.1, -0.05) is 56.3 Å². The minimum Gasteiger partial charge on any atom is -0.353 e. The normalized spacial score (nSPS) is 16.2. The maximum Gasteiger partial charge on any atom is 0.245 e. The van der Waals surface area contributed by atoms with Crippen LogP contribution in [0.4, 0.5) is 0 Å². The molecule has 1 heterocycles. The van der Waals surface area contributed by atoms with Crippen molar-refractivity contribution in [3.63, 3.8) is 0 Å². The van der Waals surface area contributed by atoms with Crippen molar-refractivity contribution in [1.29, 1.82) is 0 Å². The van der Waals surface area contributed by atoms with Gasteiger partial charge in [-0.25, -0.2) is 0 Å². The Labute approximate surface area is 237 Å². The summed E-state index contributed by atoms with van der Waals surface area (Å²) in [6.07, 6.45) is 3.09. The van der Waals surface area contributed by atoms with E-state index in [2.05, 4.69) is 10.6 Å². The highest BCUT2D eigenvalue weighted by atomic mass is 16.2. The quantitative estimate of drug-likeness (QED) is 0.374. The van der Waals surface area contributed by atoms with Crippen LogP contribution in [0.25, 0.3) is 10.8 Å². The highest BCUT2D eigenvalue weighted by Crippen LogP contribution is 2.23. The number of hydrogen-bond acceptors (Lipinski definition) is 5. The molecule has 0 spiro atoms. The van der Waals surface area contributed by atoms with Crippen molar-refractivity contribution in [3.8, 4) is 0 Å². The number of hydrogen-bond donors (Lipinski definition) is 3. The van der Waals surface area contributed by atoms with E-state index in [1.54, 1.807) is 25.8 Å². The first-order valence-corrected chi connectivity index (χ1v) is 14.4. The molecule has 1 fully saturated rings. The first kappa shape index (κ1) is 31.1. The van der Waals surface area contributed by atoms with E-state index in [1.807, 2.05) is 56.3 Å². The number of nitrogens with zero attached hydrogens (tertiary/aromatic N) is 2. The number of amides is 4. The average molecular weight is 552 g/mol. The third-order valence-electron chi connectivity index (χ3n) is 7.74. The van der Waals surface area contributed by atoms with Gasteiger partial charge in [0.15, 0.2) is 0 Å². The zero-order valence-corrected chi connectivity index (χ0v) is 24.5. The van der Waals surface area contributed by atoms with E-state index < -0.39 is 17.6 Å². The number of benzene rings is 2. The van der Waals surface area contributed by atoms with Gasteiger partial charge in [0, 0.05) is 39.0 Å². The van der Waals surface area contributed by atoms with Crippen molar-refractivity contribution in [1.82, 2.24) is 20.4 Å². The van der Waals surface area contributed by atoms with Crippen LogP contribution in [0.2, 0.25) is 0 Å². The Morgan fingerprint density at radius 1 is 1.07 bits per heavy atom. The summed E-state index contributed by atoms with van der Waals surface area (Å²) in [5.41, 5.74) is 5.74. The number of likely N-dealkylation sites (N-methyl/N-ethyl adjacent to an activating group) is 1. The van der Waals surface area contributed by atoms with Gasteiger partial charge in [-0.3, -0.25) is 19.2 Å². The predicted octanol–water partition coefficient (Wildman–Crippen LogP) is 2.61. The van der Waals surface area contributed by atoms with Crippen LogP contribution in [0.1, 0.15) is 58.9 Å². The third kappa shape index (κ3) is 7.81. The van der Waals surface area contributed by atoms with Gasteiger partial charge in [0.2, 0.25) is 23.6 Å². The lowest BCUT2D eigenvalue weighted by atomic mass is 9.99. The van der Waals surface area contributed by atoms with Crippen LogP contribution in [0.3, 0.4) is 0 Å². The van der Waals surface area contributed by atoms with Crippen molar-refractivity contribution < 1.29 is 19.2 Å². The Hall–Kier alpha value is -3.46. The van der Waals surface area contributed by atoms with Crippen molar-refractivity contribution in [2.45, 2.75) is 77.4 Å². The molecule has 9 heteroatoms. The maximum atomic E-state index is 13.6. The van der Waals surface area contributed by atoms with Gasteiger partial charge in [0.25, 0.3) is 0 Å². The lowest BCUT2D eigenvalue weighted by molar-refractivity contribution is -0.143. The van der Waals surface area contributed by atoms with Gasteiger partial charge in [-0.15, -0.1) is 0 Å². The number of likely N-dealkylation sites (tertiary alicyclic amines) is 1. The van der Waals surface area contributed by atoms with E-state index in [0.717, 1.165) is 35.6 Å². The third-order valence-corrected chi connectivity index (χ3v) is 7.74. The molecule has 40 heavy (non-hydrogen) atoms. The molecular formula is C31H45N5O4. The molecule has 3 rings (SSSR count). The molecule has 1 unspecified atom stereocenters. The highest BCUT2D eigenvalue weighted by Gasteiger charge is 2.38. The van der Waals surface area contributed by atoms with Crippen LogP contribution in [0, 0.1) is 5.92 Å². The van der Waals surface area contributed by atoms with E-state index in [-0.39, 0.29) is 42.6 Å². The molecule has 0 aromatic heterocycles. The molecule has 9 nitrogen and oxygen atoms in total. The number of carbonyl (C=O) groups excluding carboxylic acids is 4. The molecule has 2 aromatic carbocycles. The molecule has 0 saturated carbocycles. The second-order valence-electron chi connectivity index (χ2n) is 11.4. The maximum absolute atomic E-state index is 13.6. The zero-order valence-electron chi connectivity index (χ0n) is 24.5. The smallest absolute Gasteiger partial charge is 0.245 e. The van der Waals surface area contributed by atoms with Crippen LogP contribution < -0.4 is 16.4 Å². The van der Waals surface area contributed by atoms with Gasteiger partial charge >= 0.3 is 0 Å². The molecule has 1 aliphatic heterocycles. The fourth-order valence-electron chi connectivity index (χ4n) is 5.19. The second kappa shape index (κ2) is 13.7. The number of nitrogens with one attached hydrogen (secondary N) is 2. The van der Waals surface area contributed by atoms with Gasteiger partial charge in [0.1, 0.15) is 12.1 Å². The number of fused-ring (bicyclic) bond motifs is 1. The van der Waals surface area contributed by atoms with Gasteiger partial charge < -0.3 is 26.2 Å². The van der Waals surface area contributed by atoms with Gasteiger partial charge in [-0.05, 0) is 55.9 Å². The molecule has 0 bridgehead atoms. The van der Waals surface area contributed by atoms with Crippen LogP contribution in [-0.4, -0.2) is 77.7 Å². The fourth-order valence-corrected chi connectivity index (χ4v) is 5.19. The van der Waals surface area contributed by atoms with Crippen LogP contribution in [0.15, 0.2) is 42.5 Å². The van der Waals surface area contributed by atoms with E-state index in [9.17, 15) is 19.2 Å². The fraction of sp³-hybridized carbons (Fsp3) is 0.548. The van der Waals surface area contributed by atoms with Crippen LogP contribution in [-0.2, 0) is 25.6 Å². The molecular weight excluding hydrogens is 506 g/mol. The minimum absolute atomic E-state index is 0.00995. The van der Waals surface area contributed by atoms with E-state index in [1.165, 1.54) is 4.90 Å². The summed E-state index contributed by atoms with van der Waals surface area (Å²) in [5.74, 6) is -0.974. The summed E-state index contributed by atoms with van der Waals surface area (Å²) in [5, 5.41) is 7.89. The minimum atomic E-state index is -1.02. The molecule has 218 valence electrons. The van der Waals surface area contributed by atoms with Crippen molar-refractivity contribution in [3.05, 3.63) is 48.0 Å². The molecule has 0 aliphatic carbocycles. The number of rotatable bonds is 12. The molecule has 2 aromatic rings. The van der Waals surface area contributed by atoms with Crippen LogP contribution >= 0.6 is 0 Å². The number of nitrogens with two attached hydrogens (primary N) is 1. The first-order chi connectivity index (χ1) is 19.0. The monoisotopic (exact) mass is 551 g/mol. The highest BCUT2D eigenvalue weighted by molar-refractivity contribution is 5.93. The summed E-state index contributed by atoms with van der Waals surface area (Å²) in [6, 6.07) is 12.6. The lowest BCUT2D eigenvalue weighted by Gasteiger charge is -2.30. The molecule has 1 aliphatic rings. The Kier molecular flexibility index (Phi) is 10.7. The lowest BCUT2D eigenvalue weighted by Crippen LogP contribution is -2.55. The van der Waals surface area contributed by atoms with E-state index in [4.69, 9.17) is 5.73 Å². The Morgan fingerprint density at radius 2 is 1.75 bits per heavy atom. The SMILES string of the molecule is CCC(CC)C(=O)N1CCCC1C(=O)N[C@H](Cc1ccc2ccccc2c1)C(=O)N(C)CCNC(=O)C(C)(C)N. The largest absolute Gasteiger partial charge is 0.353 e. The van der Waals surface area contributed by atoms with E-state index in [0.29, 0.717) is 19.4 Å². The topological polar surface area (TPSA) is 125 Å². The van der Waals surface area contributed by atoms with Crippen molar-refractivity contribution in [2.75, 3.05) is 26.7 Å². The van der Waals surface area contributed by atoms with Gasteiger partial charge in [0.05, 0.1) is 5.54 Å². The Morgan fingerprint density at radius 3 is 2.40 bits per heavy atom. The average Bonchev–Trinajstić information content (AvgIpc) is 3.42. The van der Waals surface area contributed by atoms with Crippen LogP contribution in [0.5, 0.6) is 0 Å². The van der Waals surface area contributed by atoms with E-state index >= 15 is 0 Å². The van der Waals surface area contributed by atoms with Crippen molar-refractivity contribution >= 4 is 34.4 Å².